The predicted octanol–water partition coefficient (Wildman–Crippen LogP) is 4.74. The maximum Gasteiger partial charge on any atom is -0.0389 e. The lowest BCUT2D eigenvalue weighted by molar-refractivity contribution is 0.255. The van der Waals surface area contributed by atoms with Gasteiger partial charge in [0.15, 0.2) is 0 Å². The maximum absolute atomic E-state index is 2.43. The molecule has 2 unspecified atom stereocenters. The summed E-state index contributed by atoms with van der Waals surface area (Å²) in [5.74, 6) is 3.57. The molecule has 0 radical (unpaired) electrons. The van der Waals surface area contributed by atoms with E-state index in [0.717, 1.165) is 23.7 Å². The molecule has 13 heavy (non-hydrogen) atoms. The Labute approximate surface area is 85.1 Å². The fraction of sp³-hybridized carbons (Fsp3) is 1.00. The van der Waals surface area contributed by atoms with Crippen LogP contribution in [0, 0.1) is 23.7 Å². The Morgan fingerprint density at radius 2 is 1.23 bits per heavy atom. The normalized spacial score (nSPS) is 16.6. The molecule has 0 nitrogen and oxygen atoms in total. The first-order valence-electron chi connectivity index (χ1n) is 5.97. The highest BCUT2D eigenvalue weighted by molar-refractivity contribution is 4.68. The fourth-order valence-electron chi connectivity index (χ4n) is 2.34. The SMILES string of the molecule is CCC(CC(C)C)C(C)CC(C)C. The first-order valence-corrected chi connectivity index (χ1v) is 5.97. The molecule has 2 atom stereocenters. The topological polar surface area (TPSA) is 0 Å². The molecule has 80 valence electrons. The quantitative estimate of drug-likeness (QED) is 0.559. The van der Waals surface area contributed by atoms with Crippen LogP contribution in [0.5, 0.6) is 0 Å². The first kappa shape index (κ1) is 13.0. The molecule has 0 aliphatic rings. The smallest absolute Gasteiger partial charge is 0.0389 e. The molecular formula is C13H28. The third kappa shape index (κ3) is 6.12. The highest BCUT2D eigenvalue weighted by Crippen LogP contribution is 2.28. The van der Waals surface area contributed by atoms with Gasteiger partial charge in [-0.1, -0.05) is 48.0 Å². The molecule has 0 aliphatic carbocycles. The van der Waals surface area contributed by atoms with Crippen LogP contribution in [0.4, 0.5) is 0 Å². The van der Waals surface area contributed by atoms with Crippen molar-refractivity contribution in [3.05, 3.63) is 0 Å². The summed E-state index contributed by atoms with van der Waals surface area (Å²) in [6.07, 6.45) is 4.15. The second kappa shape index (κ2) is 6.45. The zero-order valence-electron chi connectivity index (χ0n) is 10.4. The lowest BCUT2D eigenvalue weighted by Gasteiger charge is -2.25. The van der Waals surface area contributed by atoms with Crippen molar-refractivity contribution >= 4 is 0 Å². The molecule has 0 aliphatic heterocycles. The van der Waals surface area contributed by atoms with Gasteiger partial charge in [0.25, 0.3) is 0 Å². The Hall–Kier alpha value is 0. The van der Waals surface area contributed by atoms with Crippen molar-refractivity contribution in [1.82, 2.24) is 0 Å². The molecule has 0 amide bonds. The molecule has 0 heterocycles. The molecule has 0 saturated carbocycles. The third-order valence-electron chi connectivity index (χ3n) is 2.95. The van der Waals surface area contributed by atoms with Gasteiger partial charge in [-0.2, -0.15) is 0 Å². The predicted molar refractivity (Wildman–Crippen MR) is 61.9 cm³/mol. The van der Waals surface area contributed by atoms with Crippen molar-refractivity contribution in [1.29, 1.82) is 0 Å². The van der Waals surface area contributed by atoms with Crippen LogP contribution in [0.3, 0.4) is 0 Å². The Balaban J connectivity index is 3.91. The van der Waals surface area contributed by atoms with Crippen LogP contribution in [0.25, 0.3) is 0 Å². The van der Waals surface area contributed by atoms with E-state index in [0.29, 0.717) is 0 Å². The van der Waals surface area contributed by atoms with E-state index in [2.05, 4.69) is 41.5 Å². The molecule has 0 heteroatoms. The highest BCUT2D eigenvalue weighted by atomic mass is 14.2. The number of rotatable bonds is 6. The van der Waals surface area contributed by atoms with E-state index in [1.54, 1.807) is 0 Å². The molecule has 0 fully saturated rings. The molecule has 0 rings (SSSR count). The second-order valence-electron chi connectivity index (χ2n) is 5.40. The Morgan fingerprint density at radius 3 is 1.54 bits per heavy atom. The zero-order valence-corrected chi connectivity index (χ0v) is 10.4. The number of hydrogen-bond acceptors (Lipinski definition) is 0. The molecular weight excluding hydrogens is 156 g/mol. The summed E-state index contributed by atoms with van der Waals surface area (Å²) in [6.45, 7) is 14.1. The highest BCUT2D eigenvalue weighted by Gasteiger charge is 2.17. The number of hydrogen-bond donors (Lipinski definition) is 0. The summed E-state index contributed by atoms with van der Waals surface area (Å²) >= 11 is 0. The Kier molecular flexibility index (Phi) is 6.45. The molecule has 0 spiro atoms. The van der Waals surface area contributed by atoms with Gasteiger partial charge in [-0.25, -0.2) is 0 Å². The van der Waals surface area contributed by atoms with Gasteiger partial charge in [-0.15, -0.1) is 0 Å². The minimum absolute atomic E-state index is 0.858. The van der Waals surface area contributed by atoms with E-state index < -0.39 is 0 Å². The van der Waals surface area contributed by atoms with Crippen LogP contribution < -0.4 is 0 Å². The van der Waals surface area contributed by atoms with Gasteiger partial charge in [0.05, 0.1) is 0 Å². The van der Waals surface area contributed by atoms with Crippen molar-refractivity contribution in [2.24, 2.45) is 23.7 Å². The molecule has 0 N–H and O–H groups in total. The van der Waals surface area contributed by atoms with E-state index in [1.807, 2.05) is 0 Å². The van der Waals surface area contributed by atoms with Gasteiger partial charge in [0, 0.05) is 0 Å². The van der Waals surface area contributed by atoms with Gasteiger partial charge in [0.1, 0.15) is 0 Å². The van der Waals surface area contributed by atoms with Crippen LogP contribution >= 0.6 is 0 Å². The van der Waals surface area contributed by atoms with Crippen molar-refractivity contribution < 1.29 is 0 Å². The van der Waals surface area contributed by atoms with Crippen LogP contribution in [-0.2, 0) is 0 Å². The Morgan fingerprint density at radius 1 is 0.769 bits per heavy atom. The van der Waals surface area contributed by atoms with Crippen LogP contribution in [0.2, 0.25) is 0 Å². The van der Waals surface area contributed by atoms with Gasteiger partial charge < -0.3 is 0 Å². The van der Waals surface area contributed by atoms with Crippen LogP contribution in [0.15, 0.2) is 0 Å². The lowest BCUT2D eigenvalue weighted by Crippen LogP contribution is -2.15. The van der Waals surface area contributed by atoms with Gasteiger partial charge >= 0.3 is 0 Å². The largest absolute Gasteiger partial charge is 0.0651 e. The average molecular weight is 184 g/mol. The van der Waals surface area contributed by atoms with E-state index >= 15 is 0 Å². The Bertz CT molecular complexity index is 113. The van der Waals surface area contributed by atoms with Gasteiger partial charge in [-0.05, 0) is 36.5 Å². The summed E-state index contributed by atoms with van der Waals surface area (Å²) in [6, 6.07) is 0. The minimum atomic E-state index is 0.858. The summed E-state index contributed by atoms with van der Waals surface area (Å²) in [7, 11) is 0. The van der Waals surface area contributed by atoms with Crippen molar-refractivity contribution in [2.75, 3.05) is 0 Å². The van der Waals surface area contributed by atoms with E-state index in [-0.39, 0.29) is 0 Å². The van der Waals surface area contributed by atoms with E-state index in [9.17, 15) is 0 Å². The molecule has 0 saturated heterocycles. The third-order valence-corrected chi connectivity index (χ3v) is 2.95. The monoisotopic (exact) mass is 184 g/mol. The summed E-state index contributed by atoms with van der Waals surface area (Å²) < 4.78 is 0. The molecule has 0 aromatic carbocycles. The maximum atomic E-state index is 2.43. The zero-order chi connectivity index (χ0) is 10.4. The molecule has 0 aromatic heterocycles. The van der Waals surface area contributed by atoms with Crippen LogP contribution in [0.1, 0.15) is 60.8 Å². The van der Waals surface area contributed by atoms with Crippen molar-refractivity contribution in [3.63, 3.8) is 0 Å². The average Bonchev–Trinajstić information content (AvgIpc) is 1.98. The van der Waals surface area contributed by atoms with Crippen molar-refractivity contribution in [2.45, 2.75) is 60.8 Å². The minimum Gasteiger partial charge on any atom is -0.0651 e. The van der Waals surface area contributed by atoms with Crippen molar-refractivity contribution in [3.8, 4) is 0 Å². The second-order valence-corrected chi connectivity index (χ2v) is 5.40. The summed E-state index contributed by atoms with van der Waals surface area (Å²) in [5.41, 5.74) is 0. The van der Waals surface area contributed by atoms with Gasteiger partial charge in [0.2, 0.25) is 0 Å². The molecule has 0 bridgehead atoms. The lowest BCUT2D eigenvalue weighted by atomic mass is 9.80. The van der Waals surface area contributed by atoms with E-state index in [1.165, 1.54) is 19.3 Å². The van der Waals surface area contributed by atoms with Crippen LogP contribution in [-0.4, -0.2) is 0 Å². The first-order chi connectivity index (χ1) is 5.97. The molecule has 0 aromatic rings. The standard InChI is InChI=1S/C13H28/c1-7-13(9-11(4)5)12(6)8-10(2)3/h10-13H,7-9H2,1-6H3. The fourth-order valence-corrected chi connectivity index (χ4v) is 2.34. The summed E-state index contributed by atoms with van der Waals surface area (Å²) in [5, 5.41) is 0. The van der Waals surface area contributed by atoms with E-state index in [4.69, 9.17) is 0 Å². The summed E-state index contributed by atoms with van der Waals surface area (Å²) in [4.78, 5) is 0. The van der Waals surface area contributed by atoms with Gasteiger partial charge in [-0.3, -0.25) is 0 Å².